The van der Waals surface area contributed by atoms with E-state index in [1.807, 2.05) is 30.3 Å². The van der Waals surface area contributed by atoms with Crippen molar-refractivity contribution < 1.29 is 14.4 Å². The van der Waals surface area contributed by atoms with Crippen molar-refractivity contribution in [3.8, 4) is 0 Å². The summed E-state index contributed by atoms with van der Waals surface area (Å²) in [6.07, 6.45) is 7.75. The van der Waals surface area contributed by atoms with Gasteiger partial charge in [0.1, 0.15) is 6.04 Å². The summed E-state index contributed by atoms with van der Waals surface area (Å²) in [5, 5.41) is 0. The number of nitrogens with zero attached hydrogens (tertiary/aromatic N) is 2. The van der Waals surface area contributed by atoms with Gasteiger partial charge in [-0.3, -0.25) is 14.4 Å². The molecule has 2 aliphatic rings. The van der Waals surface area contributed by atoms with Crippen LogP contribution in [0.4, 0.5) is 5.69 Å². The van der Waals surface area contributed by atoms with Gasteiger partial charge in [-0.25, -0.2) is 4.90 Å². The highest BCUT2D eigenvalue weighted by Gasteiger charge is 2.44. The Balaban J connectivity index is 1.55. The average molecular weight is 495 g/mol. The summed E-state index contributed by atoms with van der Waals surface area (Å²) in [5.41, 5.74) is 2.78. The maximum Gasteiger partial charge on any atom is 0.257 e. The lowest BCUT2D eigenvalue weighted by Gasteiger charge is -2.29. The molecule has 0 saturated carbocycles. The van der Waals surface area contributed by atoms with Crippen LogP contribution in [0, 0.1) is 0 Å². The molecule has 6 heteroatoms. The Bertz CT molecular complexity index is 1020. The van der Waals surface area contributed by atoms with Crippen LogP contribution >= 0.6 is 15.9 Å². The predicted molar refractivity (Wildman–Crippen MR) is 128 cm³/mol. The van der Waals surface area contributed by atoms with E-state index < -0.39 is 6.04 Å². The fourth-order valence-electron chi connectivity index (χ4n) is 4.44. The van der Waals surface area contributed by atoms with Crippen LogP contribution in [0.2, 0.25) is 0 Å². The zero-order chi connectivity index (χ0) is 22.5. The summed E-state index contributed by atoms with van der Waals surface area (Å²) < 4.78 is 0.873. The molecule has 2 aromatic rings. The number of imide groups is 1. The molecule has 166 valence electrons. The van der Waals surface area contributed by atoms with Crippen molar-refractivity contribution in [2.75, 3.05) is 11.4 Å². The van der Waals surface area contributed by atoms with Crippen LogP contribution in [0.5, 0.6) is 0 Å². The fraction of sp³-hybridized carbons (Fsp3) is 0.346. The summed E-state index contributed by atoms with van der Waals surface area (Å²) >= 11 is 3.38. The van der Waals surface area contributed by atoms with Crippen LogP contribution < -0.4 is 4.90 Å². The van der Waals surface area contributed by atoms with E-state index in [1.165, 1.54) is 23.3 Å². The van der Waals surface area contributed by atoms with Crippen molar-refractivity contribution in [3.05, 3.63) is 76.3 Å². The Labute approximate surface area is 197 Å². The van der Waals surface area contributed by atoms with Gasteiger partial charge in [0.15, 0.2) is 0 Å². The first kappa shape index (κ1) is 22.5. The number of amides is 3. The molecule has 0 bridgehead atoms. The lowest BCUT2D eigenvalue weighted by Crippen LogP contribution is -2.46. The molecule has 32 heavy (non-hydrogen) atoms. The third-order valence-electron chi connectivity index (χ3n) is 6.16. The molecule has 3 amide bonds. The number of benzene rings is 2. The van der Waals surface area contributed by atoms with E-state index in [0.717, 1.165) is 29.3 Å². The van der Waals surface area contributed by atoms with Gasteiger partial charge in [0.25, 0.3) is 5.91 Å². The topological polar surface area (TPSA) is 57.7 Å². The third kappa shape index (κ3) is 5.18. The van der Waals surface area contributed by atoms with Crippen LogP contribution in [0.25, 0.3) is 0 Å². The molecule has 1 aliphatic carbocycles. The van der Waals surface area contributed by atoms with Crippen LogP contribution in [-0.4, -0.2) is 35.2 Å². The maximum absolute atomic E-state index is 13.3. The minimum Gasteiger partial charge on any atom is -0.329 e. The first-order valence-corrected chi connectivity index (χ1v) is 12.0. The molecular formula is C26H27BrN2O3. The monoisotopic (exact) mass is 494 g/mol. The molecule has 0 radical (unpaired) electrons. The van der Waals surface area contributed by atoms with Gasteiger partial charge in [-0.05, 0) is 61.9 Å². The second-order valence-electron chi connectivity index (χ2n) is 8.37. The van der Waals surface area contributed by atoms with Crippen molar-refractivity contribution >= 4 is 39.3 Å². The van der Waals surface area contributed by atoms with Gasteiger partial charge in [-0.15, -0.1) is 0 Å². The Morgan fingerprint density at radius 2 is 1.78 bits per heavy atom. The molecule has 0 spiro atoms. The zero-order valence-corrected chi connectivity index (χ0v) is 19.6. The number of anilines is 1. The molecule has 5 nitrogen and oxygen atoms in total. The van der Waals surface area contributed by atoms with Crippen LogP contribution in [0.3, 0.4) is 0 Å². The standard InChI is InChI=1S/C26H27BrN2O3/c27-21-11-13-22(14-12-21)29-25(31)18-23(26(29)32)28(16-15-19-7-3-1-4-8-19)24(30)17-20-9-5-2-6-10-20/h2,5-7,9-14,23H,1,3-4,8,15-18H2. The molecule has 1 atom stereocenters. The summed E-state index contributed by atoms with van der Waals surface area (Å²) in [7, 11) is 0. The normalized spacial score (nSPS) is 18.6. The second kappa shape index (κ2) is 10.3. The van der Waals surface area contributed by atoms with E-state index in [2.05, 4.69) is 22.0 Å². The number of allylic oxidation sites excluding steroid dienone is 1. The molecule has 1 fully saturated rings. The van der Waals surface area contributed by atoms with Gasteiger partial charge in [-0.1, -0.05) is 57.9 Å². The molecule has 1 unspecified atom stereocenters. The van der Waals surface area contributed by atoms with Gasteiger partial charge in [0.05, 0.1) is 18.5 Å². The average Bonchev–Trinajstić information content (AvgIpc) is 3.09. The zero-order valence-electron chi connectivity index (χ0n) is 18.0. The summed E-state index contributed by atoms with van der Waals surface area (Å²) in [6, 6.07) is 15.9. The number of halogens is 1. The van der Waals surface area contributed by atoms with Crippen molar-refractivity contribution in [2.45, 2.75) is 51.0 Å². The molecule has 1 aliphatic heterocycles. The minimum absolute atomic E-state index is 0.0223. The van der Waals surface area contributed by atoms with Crippen molar-refractivity contribution in [1.29, 1.82) is 0 Å². The molecule has 1 saturated heterocycles. The Morgan fingerprint density at radius 3 is 2.47 bits per heavy atom. The van der Waals surface area contributed by atoms with E-state index in [9.17, 15) is 14.4 Å². The van der Waals surface area contributed by atoms with Crippen LogP contribution in [0.1, 0.15) is 44.1 Å². The van der Waals surface area contributed by atoms with Crippen molar-refractivity contribution in [1.82, 2.24) is 4.90 Å². The van der Waals surface area contributed by atoms with E-state index in [-0.39, 0.29) is 30.6 Å². The van der Waals surface area contributed by atoms with E-state index >= 15 is 0 Å². The predicted octanol–water partition coefficient (Wildman–Crippen LogP) is 5.04. The first-order valence-electron chi connectivity index (χ1n) is 11.2. The summed E-state index contributed by atoms with van der Waals surface area (Å²) in [6.45, 7) is 0.454. The molecule has 0 N–H and O–H groups in total. The number of hydrogen-bond acceptors (Lipinski definition) is 3. The van der Waals surface area contributed by atoms with E-state index in [1.54, 1.807) is 29.2 Å². The van der Waals surface area contributed by atoms with Crippen LogP contribution in [-0.2, 0) is 20.8 Å². The Morgan fingerprint density at radius 1 is 1.03 bits per heavy atom. The molecule has 1 heterocycles. The highest BCUT2D eigenvalue weighted by molar-refractivity contribution is 9.10. The Kier molecular flexibility index (Phi) is 7.20. The second-order valence-corrected chi connectivity index (χ2v) is 9.29. The van der Waals surface area contributed by atoms with Crippen molar-refractivity contribution in [3.63, 3.8) is 0 Å². The van der Waals surface area contributed by atoms with Crippen molar-refractivity contribution in [2.24, 2.45) is 0 Å². The smallest absolute Gasteiger partial charge is 0.257 e. The SMILES string of the molecule is O=C1CC(N(CCC2=CCCCC2)C(=O)Cc2ccccc2)C(=O)N1c1ccc(Br)cc1. The quantitative estimate of drug-likeness (QED) is 0.400. The number of carbonyl (C=O) groups excluding carboxylic acids is 3. The Hall–Kier alpha value is -2.73. The minimum atomic E-state index is -0.758. The van der Waals surface area contributed by atoms with E-state index in [0.29, 0.717) is 12.2 Å². The number of hydrogen-bond donors (Lipinski definition) is 0. The van der Waals surface area contributed by atoms with Gasteiger partial charge in [0.2, 0.25) is 11.8 Å². The lowest BCUT2D eigenvalue weighted by molar-refractivity contribution is -0.137. The highest BCUT2D eigenvalue weighted by atomic mass is 79.9. The summed E-state index contributed by atoms with van der Waals surface area (Å²) in [4.78, 5) is 42.3. The van der Waals surface area contributed by atoms with E-state index in [4.69, 9.17) is 0 Å². The molecular weight excluding hydrogens is 468 g/mol. The third-order valence-corrected chi connectivity index (χ3v) is 6.69. The number of rotatable bonds is 7. The highest BCUT2D eigenvalue weighted by Crippen LogP contribution is 2.28. The van der Waals surface area contributed by atoms with Crippen LogP contribution in [0.15, 0.2) is 70.7 Å². The first-order chi connectivity index (χ1) is 15.5. The fourth-order valence-corrected chi connectivity index (χ4v) is 4.71. The molecule has 0 aromatic heterocycles. The van der Waals surface area contributed by atoms with Gasteiger partial charge in [0, 0.05) is 11.0 Å². The molecule has 4 rings (SSSR count). The maximum atomic E-state index is 13.3. The number of carbonyl (C=O) groups is 3. The summed E-state index contributed by atoms with van der Waals surface area (Å²) in [5.74, 6) is -0.704. The molecule has 2 aromatic carbocycles. The van der Waals surface area contributed by atoms with Gasteiger partial charge in [-0.2, -0.15) is 0 Å². The van der Waals surface area contributed by atoms with Gasteiger partial charge < -0.3 is 4.90 Å². The lowest BCUT2D eigenvalue weighted by atomic mass is 9.96. The largest absolute Gasteiger partial charge is 0.329 e. The van der Waals surface area contributed by atoms with Gasteiger partial charge >= 0.3 is 0 Å².